The van der Waals surface area contributed by atoms with Gasteiger partial charge in [-0.1, -0.05) is 18.2 Å². The number of fused-ring (bicyclic) bond motifs is 1. The van der Waals surface area contributed by atoms with E-state index in [9.17, 15) is 9.59 Å². The number of nitrogens with zero attached hydrogens (tertiary/aromatic N) is 3. The quantitative estimate of drug-likeness (QED) is 0.796. The maximum absolute atomic E-state index is 12.1. The Labute approximate surface area is 105 Å². The summed E-state index contributed by atoms with van der Waals surface area (Å²) in [5.41, 5.74) is 0.153. The molecule has 0 radical (unpaired) electrons. The van der Waals surface area contributed by atoms with Gasteiger partial charge in [-0.25, -0.2) is 4.68 Å². The van der Waals surface area contributed by atoms with Crippen molar-refractivity contribution in [3.05, 3.63) is 40.3 Å². The lowest BCUT2D eigenvalue weighted by Crippen LogP contribution is -2.29. The SMILES string of the molecule is CCn1nc(C(=O)N(C)C)c2ccccc2c1=O. The van der Waals surface area contributed by atoms with E-state index < -0.39 is 0 Å². The standard InChI is InChI=1S/C13H15N3O2/c1-4-16-12(17)10-8-6-5-7-9(10)11(14-16)13(18)15(2)3/h5-8H,4H2,1-3H3. The minimum atomic E-state index is -0.201. The minimum Gasteiger partial charge on any atom is -0.343 e. The Bertz CT molecular complexity index is 659. The topological polar surface area (TPSA) is 55.2 Å². The largest absolute Gasteiger partial charge is 0.343 e. The van der Waals surface area contributed by atoms with E-state index in [-0.39, 0.29) is 11.5 Å². The van der Waals surface area contributed by atoms with Gasteiger partial charge < -0.3 is 4.90 Å². The molecule has 0 N–H and O–H groups in total. The van der Waals surface area contributed by atoms with Crippen LogP contribution in [0, 0.1) is 0 Å². The van der Waals surface area contributed by atoms with Crippen LogP contribution in [0.4, 0.5) is 0 Å². The second-order valence-corrected chi connectivity index (χ2v) is 4.21. The number of benzene rings is 1. The van der Waals surface area contributed by atoms with Gasteiger partial charge in [0.2, 0.25) is 0 Å². The number of aryl methyl sites for hydroxylation is 1. The number of hydrogen-bond acceptors (Lipinski definition) is 3. The molecular weight excluding hydrogens is 230 g/mol. The summed E-state index contributed by atoms with van der Waals surface area (Å²) in [7, 11) is 3.33. The van der Waals surface area contributed by atoms with Crippen LogP contribution in [0.25, 0.3) is 10.8 Å². The summed E-state index contributed by atoms with van der Waals surface area (Å²) in [5.74, 6) is -0.201. The minimum absolute atomic E-state index is 0.164. The van der Waals surface area contributed by atoms with Crippen molar-refractivity contribution in [1.29, 1.82) is 0 Å². The van der Waals surface area contributed by atoms with Crippen molar-refractivity contribution in [3.8, 4) is 0 Å². The molecule has 5 nitrogen and oxygen atoms in total. The molecule has 1 aromatic heterocycles. The van der Waals surface area contributed by atoms with E-state index in [1.165, 1.54) is 9.58 Å². The summed E-state index contributed by atoms with van der Waals surface area (Å²) >= 11 is 0. The Balaban J connectivity index is 2.85. The summed E-state index contributed by atoms with van der Waals surface area (Å²) < 4.78 is 1.32. The van der Waals surface area contributed by atoms with Crippen molar-refractivity contribution < 1.29 is 4.79 Å². The highest BCUT2D eigenvalue weighted by molar-refractivity contribution is 6.04. The van der Waals surface area contributed by atoms with Crippen molar-refractivity contribution in [2.75, 3.05) is 14.1 Å². The predicted molar refractivity (Wildman–Crippen MR) is 69.7 cm³/mol. The van der Waals surface area contributed by atoms with Crippen LogP contribution in [0.5, 0.6) is 0 Å². The number of rotatable bonds is 2. The van der Waals surface area contributed by atoms with Crippen LogP contribution >= 0.6 is 0 Å². The Morgan fingerprint density at radius 2 is 1.89 bits per heavy atom. The van der Waals surface area contributed by atoms with Gasteiger partial charge in [-0.2, -0.15) is 5.10 Å². The van der Waals surface area contributed by atoms with Gasteiger partial charge in [0.25, 0.3) is 11.5 Å². The fraction of sp³-hybridized carbons (Fsp3) is 0.308. The fourth-order valence-electron chi connectivity index (χ4n) is 1.82. The summed E-state index contributed by atoms with van der Waals surface area (Å²) in [6, 6.07) is 7.05. The first-order valence-electron chi connectivity index (χ1n) is 5.77. The van der Waals surface area contributed by atoms with Crippen molar-refractivity contribution in [2.45, 2.75) is 13.5 Å². The molecule has 18 heavy (non-hydrogen) atoms. The van der Waals surface area contributed by atoms with Crippen LogP contribution in [0.3, 0.4) is 0 Å². The highest BCUT2D eigenvalue weighted by Gasteiger charge is 2.17. The monoisotopic (exact) mass is 245 g/mol. The van der Waals surface area contributed by atoms with Crippen LogP contribution in [-0.4, -0.2) is 34.7 Å². The molecule has 2 aromatic rings. The second-order valence-electron chi connectivity index (χ2n) is 4.21. The maximum atomic E-state index is 12.1. The molecule has 0 aliphatic heterocycles. The zero-order valence-electron chi connectivity index (χ0n) is 10.7. The van der Waals surface area contributed by atoms with Crippen LogP contribution < -0.4 is 5.56 Å². The zero-order valence-corrected chi connectivity index (χ0v) is 10.7. The van der Waals surface area contributed by atoms with Gasteiger partial charge in [0, 0.05) is 26.0 Å². The zero-order chi connectivity index (χ0) is 13.3. The summed E-state index contributed by atoms with van der Waals surface area (Å²) in [6.45, 7) is 2.27. The fourth-order valence-corrected chi connectivity index (χ4v) is 1.82. The van der Waals surface area contributed by atoms with Gasteiger partial charge in [0.15, 0.2) is 5.69 Å². The summed E-state index contributed by atoms with van der Waals surface area (Å²) in [4.78, 5) is 25.6. The first-order valence-corrected chi connectivity index (χ1v) is 5.77. The maximum Gasteiger partial charge on any atom is 0.274 e. The number of carbonyl (C=O) groups excluding carboxylic acids is 1. The molecule has 0 saturated heterocycles. The number of carbonyl (C=O) groups is 1. The normalized spacial score (nSPS) is 10.6. The van der Waals surface area contributed by atoms with E-state index in [4.69, 9.17) is 0 Å². The Morgan fingerprint density at radius 1 is 1.28 bits per heavy atom. The number of amides is 1. The molecule has 1 heterocycles. The molecule has 0 fully saturated rings. The summed E-state index contributed by atoms with van der Waals surface area (Å²) in [5, 5.41) is 5.28. The third-order valence-corrected chi connectivity index (χ3v) is 2.78. The Morgan fingerprint density at radius 3 is 2.44 bits per heavy atom. The molecule has 94 valence electrons. The van der Waals surface area contributed by atoms with Crippen molar-refractivity contribution in [2.24, 2.45) is 0 Å². The third kappa shape index (κ3) is 1.88. The van der Waals surface area contributed by atoms with E-state index in [0.29, 0.717) is 23.0 Å². The Kier molecular flexibility index (Phi) is 3.14. The van der Waals surface area contributed by atoms with Crippen molar-refractivity contribution >= 4 is 16.7 Å². The lowest BCUT2D eigenvalue weighted by atomic mass is 10.1. The average molecular weight is 245 g/mol. The lowest BCUT2D eigenvalue weighted by Gasteiger charge is -2.13. The van der Waals surface area contributed by atoms with Gasteiger partial charge in [0.05, 0.1) is 5.39 Å². The molecule has 0 spiro atoms. The molecule has 1 amide bonds. The second kappa shape index (κ2) is 4.60. The molecule has 0 unspecified atom stereocenters. The number of aromatic nitrogens is 2. The highest BCUT2D eigenvalue weighted by Crippen LogP contribution is 2.14. The Hall–Kier alpha value is -2.17. The van der Waals surface area contributed by atoms with Crippen LogP contribution in [0.2, 0.25) is 0 Å². The van der Waals surface area contributed by atoms with Crippen LogP contribution in [-0.2, 0) is 6.54 Å². The lowest BCUT2D eigenvalue weighted by molar-refractivity contribution is 0.0821. The predicted octanol–water partition coefficient (Wildman–Crippen LogP) is 1.12. The molecule has 0 aliphatic carbocycles. The van der Waals surface area contributed by atoms with E-state index in [2.05, 4.69) is 5.10 Å². The first-order chi connectivity index (χ1) is 8.56. The van der Waals surface area contributed by atoms with E-state index in [1.807, 2.05) is 6.92 Å². The van der Waals surface area contributed by atoms with Gasteiger partial charge in [-0.05, 0) is 13.0 Å². The molecule has 0 bridgehead atoms. The van der Waals surface area contributed by atoms with E-state index >= 15 is 0 Å². The van der Waals surface area contributed by atoms with Gasteiger partial charge in [-0.3, -0.25) is 9.59 Å². The van der Waals surface area contributed by atoms with Gasteiger partial charge in [-0.15, -0.1) is 0 Å². The third-order valence-electron chi connectivity index (χ3n) is 2.78. The van der Waals surface area contributed by atoms with Crippen molar-refractivity contribution in [3.63, 3.8) is 0 Å². The molecule has 0 aliphatic rings. The highest BCUT2D eigenvalue weighted by atomic mass is 16.2. The van der Waals surface area contributed by atoms with Crippen LogP contribution in [0.1, 0.15) is 17.4 Å². The molecule has 1 aromatic carbocycles. The molecular formula is C13H15N3O2. The van der Waals surface area contributed by atoms with Crippen molar-refractivity contribution in [1.82, 2.24) is 14.7 Å². The smallest absolute Gasteiger partial charge is 0.274 e. The van der Waals surface area contributed by atoms with E-state index in [1.54, 1.807) is 38.4 Å². The summed E-state index contributed by atoms with van der Waals surface area (Å²) in [6.07, 6.45) is 0. The average Bonchev–Trinajstić information content (AvgIpc) is 2.38. The number of hydrogen-bond donors (Lipinski definition) is 0. The van der Waals surface area contributed by atoms with E-state index in [0.717, 1.165) is 0 Å². The molecule has 2 rings (SSSR count). The molecule has 5 heteroatoms. The van der Waals surface area contributed by atoms with Gasteiger partial charge in [0.1, 0.15) is 0 Å². The van der Waals surface area contributed by atoms with Crippen LogP contribution in [0.15, 0.2) is 29.1 Å². The molecule has 0 saturated carbocycles. The first kappa shape index (κ1) is 12.3. The molecule has 0 atom stereocenters. The van der Waals surface area contributed by atoms with Gasteiger partial charge >= 0.3 is 0 Å².